The van der Waals surface area contributed by atoms with Gasteiger partial charge < -0.3 is 14.8 Å². The Balaban J connectivity index is 2.61. The summed E-state index contributed by atoms with van der Waals surface area (Å²) < 4.78 is 10.6. The average Bonchev–Trinajstić information content (AvgIpc) is 2.41. The van der Waals surface area contributed by atoms with Gasteiger partial charge in [-0.3, -0.25) is 0 Å². The molecule has 1 N–H and O–H groups in total. The number of hydrogen-bond donors (Lipinski definition) is 1. The van der Waals surface area contributed by atoms with Crippen molar-refractivity contribution >= 4 is 0 Å². The smallest absolute Gasteiger partial charge is 0.171 e. The minimum atomic E-state index is -0.205. The van der Waals surface area contributed by atoms with E-state index in [4.69, 9.17) is 9.47 Å². The van der Waals surface area contributed by atoms with Gasteiger partial charge in [0, 0.05) is 20.8 Å². The molecule has 0 bridgehead atoms. The van der Waals surface area contributed by atoms with Crippen LogP contribution in [0.3, 0.4) is 0 Å². The van der Waals surface area contributed by atoms with Gasteiger partial charge in [0.15, 0.2) is 6.29 Å². The highest BCUT2D eigenvalue weighted by Gasteiger charge is 2.20. The Morgan fingerprint density at radius 2 is 1.58 bits per heavy atom. The first-order valence-electron chi connectivity index (χ1n) is 6.94. The van der Waals surface area contributed by atoms with Gasteiger partial charge in [-0.05, 0) is 24.3 Å². The standard InChI is InChI=1S/C16H27NO2/c1-12(2)15(14-9-7-6-8-10-14)11-17-13(3)16(18-4)19-5/h6-10,12-13,15-17H,11H2,1-5H3. The topological polar surface area (TPSA) is 30.5 Å². The maximum absolute atomic E-state index is 5.28. The van der Waals surface area contributed by atoms with Crippen molar-refractivity contribution in [2.45, 2.75) is 39.0 Å². The number of benzene rings is 1. The molecule has 2 atom stereocenters. The third-order valence-electron chi connectivity index (χ3n) is 3.57. The van der Waals surface area contributed by atoms with Gasteiger partial charge in [0.1, 0.15) is 0 Å². The van der Waals surface area contributed by atoms with Crippen molar-refractivity contribution < 1.29 is 9.47 Å². The molecule has 0 saturated carbocycles. The molecule has 0 heterocycles. The minimum absolute atomic E-state index is 0.167. The third-order valence-corrected chi connectivity index (χ3v) is 3.57. The molecule has 0 aliphatic rings. The van der Waals surface area contributed by atoms with Crippen LogP contribution in [-0.2, 0) is 9.47 Å². The zero-order chi connectivity index (χ0) is 14.3. The van der Waals surface area contributed by atoms with Crippen LogP contribution in [0.5, 0.6) is 0 Å². The van der Waals surface area contributed by atoms with E-state index in [0.29, 0.717) is 11.8 Å². The molecule has 3 heteroatoms. The molecule has 0 aliphatic carbocycles. The summed E-state index contributed by atoms with van der Waals surface area (Å²) in [5.74, 6) is 1.09. The molecule has 0 spiro atoms. The van der Waals surface area contributed by atoms with Crippen LogP contribution in [0.15, 0.2) is 30.3 Å². The highest BCUT2D eigenvalue weighted by Crippen LogP contribution is 2.23. The van der Waals surface area contributed by atoms with E-state index < -0.39 is 0 Å². The summed E-state index contributed by atoms with van der Waals surface area (Å²) in [5.41, 5.74) is 1.38. The average molecular weight is 265 g/mol. The molecular weight excluding hydrogens is 238 g/mol. The van der Waals surface area contributed by atoms with Crippen LogP contribution in [0.1, 0.15) is 32.3 Å². The monoisotopic (exact) mass is 265 g/mol. The minimum Gasteiger partial charge on any atom is -0.354 e. The molecule has 1 aromatic rings. The Labute approximate surface area is 117 Å². The molecule has 1 rings (SSSR count). The van der Waals surface area contributed by atoms with Gasteiger partial charge in [-0.2, -0.15) is 0 Å². The van der Waals surface area contributed by atoms with Crippen LogP contribution in [0, 0.1) is 5.92 Å². The van der Waals surface area contributed by atoms with Crippen molar-refractivity contribution in [1.82, 2.24) is 5.32 Å². The van der Waals surface area contributed by atoms with E-state index in [0.717, 1.165) is 6.54 Å². The van der Waals surface area contributed by atoms with E-state index in [1.165, 1.54) is 5.56 Å². The molecule has 0 amide bonds. The molecule has 2 unspecified atom stereocenters. The second-order valence-corrected chi connectivity index (χ2v) is 5.30. The lowest BCUT2D eigenvalue weighted by Crippen LogP contribution is -2.42. The van der Waals surface area contributed by atoms with Crippen LogP contribution in [0.4, 0.5) is 0 Å². The Kier molecular flexibility index (Phi) is 7.06. The zero-order valence-corrected chi connectivity index (χ0v) is 12.7. The summed E-state index contributed by atoms with van der Waals surface area (Å²) >= 11 is 0. The Morgan fingerprint density at radius 1 is 1.00 bits per heavy atom. The number of hydrogen-bond acceptors (Lipinski definition) is 3. The van der Waals surface area contributed by atoms with Gasteiger partial charge in [-0.1, -0.05) is 44.2 Å². The van der Waals surface area contributed by atoms with E-state index >= 15 is 0 Å². The largest absolute Gasteiger partial charge is 0.354 e. The maximum atomic E-state index is 5.28. The van der Waals surface area contributed by atoms with Gasteiger partial charge >= 0.3 is 0 Å². The fraction of sp³-hybridized carbons (Fsp3) is 0.625. The van der Waals surface area contributed by atoms with Crippen LogP contribution in [0.25, 0.3) is 0 Å². The van der Waals surface area contributed by atoms with Crippen molar-refractivity contribution in [2.24, 2.45) is 5.92 Å². The second-order valence-electron chi connectivity index (χ2n) is 5.30. The summed E-state index contributed by atoms with van der Waals surface area (Å²) in [6, 6.07) is 10.8. The van der Waals surface area contributed by atoms with Crippen LogP contribution < -0.4 is 5.32 Å². The van der Waals surface area contributed by atoms with Crippen molar-refractivity contribution in [3.63, 3.8) is 0 Å². The van der Waals surface area contributed by atoms with E-state index in [1.807, 2.05) is 0 Å². The Morgan fingerprint density at radius 3 is 2.05 bits per heavy atom. The molecule has 0 radical (unpaired) electrons. The molecule has 0 aliphatic heterocycles. The first-order chi connectivity index (χ1) is 9.10. The summed E-state index contributed by atoms with van der Waals surface area (Å²) in [5, 5.41) is 3.51. The predicted octanol–water partition coefficient (Wildman–Crippen LogP) is 3.02. The highest BCUT2D eigenvalue weighted by atomic mass is 16.7. The molecule has 1 aromatic carbocycles. The molecule has 108 valence electrons. The number of nitrogens with one attached hydrogen (secondary N) is 1. The van der Waals surface area contributed by atoms with Crippen LogP contribution in [0.2, 0.25) is 0 Å². The van der Waals surface area contributed by atoms with Gasteiger partial charge in [-0.25, -0.2) is 0 Å². The SMILES string of the molecule is COC(OC)C(C)NCC(c1ccccc1)C(C)C. The summed E-state index contributed by atoms with van der Waals surface area (Å²) in [6.45, 7) is 7.52. The maximum Gasteiger partial charge on any atom is 0.171 e. The quantitative estimate of drug-likeness (QED) is 0.733. The van der Waals surface area contributed by atoms with Crippen molar-refractivity contribution in [1.29, 1.82) is 0 Å². The van der Waals surface area contributed by atoms with E-state index in [2.05, 4.69) is 56.4 Å². The normalized spacial score (nSPS) is 14.9. The number of ether oxygens (including phenoxy) is 2. The summed E-state index contributed by atoms with van der Waals surface area (Å²) in [6.07, 6.45) is -0.205. The highest BCUT2D eigenvalue weighted by molar-refractivity contribution is 5.20. The Hall–Kier alpha value is -0.900. The first-order valence-corrected chi connectivity index (χ1v) is 6.94. The molecule has 0 saturated heterocycles. The van der Waals surface area contributed by atoms with Gasteiger partial charge in [0.2, 0.25) is 0 Å². The molecule has 0 aromatic heterocycles. The predicted molar refractivity (Wildman–Crippen MR) is 79.3 cm³/mol. The fourth-order valence-electron chi connectivity index (χ4n) is 2.35. The summed E-state index contributed by atoms with van der Waals surface area (Å²) in [7, 11) is 3.34. The van der Waals surface area contributed by atoms with Crippen LogP contribution in [-0.4, -0.2) is 33.1 Å². The van der Waals surface area contributed by atoms with E-state index in [1.54, 1.807) is 14.2 Å². The van der Waals surface area contributed by atoms with Gasteiger partial charge in [-0.15, -0.1) is 0 Å². The lowest BCUT2D eigenvalue weighted by Gasteiger charge is -2.27. The third kappa shape index (κ3) is 4.94. The number of rotatable bonds is 8. The molecule has 19 heavy (non-hydrogen) atoms. The van der Waals surface area contributed by atoms with Crippen LogP contribution >= 0.6 is 0 Å². The van der Waals surface area contributed by atoms with Crippen molar-refractivity contribution in [2.75, 3.05) is 20.8 Å². The van der Waals surface area contributed by atoms with E-state index in [-0.39, 0.29) is 12.3 Å². The summed E-state index contributed by atoms with van der Waals surface area (Å²) in [4.78, 5) is 0. The van der Waals surface area contributed by atoms with Gasteiger partial charge in [0.05, 0.1) is 6.04 Å². The fourth-order valence-corrected chi connectivity index (χ4v) is 2.35. The van der Waals surface area contributed by atoms with Crippen molar-refractivity contribution in [3.05, 3.63) is 35.9 Å². The first kappa shape index (κ1) is 16.2. The van der Waals surface area contributed by atoms with E-state index in [9.17, 15) is 0 Å². The lowest BCUT2D eigenvalue weighted by molar-refractivity contribution is -0.119. The molecule has 0 fully saturated rings. The molecule has 3 nitrogen and oxygen atoms in total. The number of methoxy groups -OCH3 is 2. The van der Waals surface area contributed by atoms with Crippen molar-refractivity contribution in [3.8, 4) is 0 Å². The zero-order valence-electron chi connectivity index (χ0n) is 12.7. The lowest BCUT2D eigenvalue weighted by atomic mass is 9.88. The second kappa shape index (κ2) is 8.31. The molecular formula is C16H27NO2. The Bertz CT molecular complexity index is 336. The van der Waals surface area contributed by atoms with Gasteiger partial charge in [0.25, 0.3) is 0 Å².